The Kier molecular flexibility index (Phi) is 4.83. The lowest BCUT2D eigenvalue weighted by Crippen LogP contribution is -2.43. The van der Waals surface area contributed by atoms with Gasteiger partial charge in [-0.1, -0.05) is 0 Å². The minimum absolute atomic E-state index is 0.0911. The average Bonchev–Trinajstić information content (AvgIpc) is 3.27. The van der Waals surface area contributed by atoms with E-state index in [1.807, 2.05) is 18.7 Å². The number of aliphatic hydroxyl groups is 1. The number of aryl methyl sites for hydroxylation is 1. The Morgan fingerprint density at radius 2 is 2.07 bits per heavy atom. The summed E-state index contributed by atoms with van der Waals surface area (Å²) >= 11 is 0. The fourth-order valence-corrected chi connectivity index (χ4v) is 7.20. The molecular formula is C20H28N6O3S. The van der Waals surface area contributed by atoms with E-state index in [9.17, 15) is 13.5 Å². The number of rotatable bonds is 4. The Bertz CT molecular complexity index is 1070. The molecule has 1 N–H and O–H groups in total. The van der Waals surface area contributed by atoms with Gasteiger partial charge in [0.15, 0.2) is 0 Å². The van der Waals surface area contributed by atoms with Gasteiger partial charge in [0, 0.05) is 43.9 Å². The predicted octanol–water partition coefficient (Wildman–Crippen LogP) is 1.41. The van der Waals surface area contributed by atoms with Crippen molar-refractivity contribution in [2.45, 2.75) is 75.6 Å². The second-order valence-electron chi connectivity index (χ2n) is 8.51. The Labute approximate surface area is 176 Å². The summed E-state index contributed by atoms with van der Waals surface area (Å²) in [6.45, 7) is 5.79. The molecule has 0 saturated carbocycles. The summed E-state index contributed by atoms with van der Waals surface area (Å²) in [5, 5.41) is 14.2. The zero-order valence-corrected chi connectivity index (χ0v) is 18.2. The zero-order chi connectivity index (χ0) is 21.0. The summed E-state index contributed by atoms with van der Waals surface area (Å²) < 4.78 is 30.5. The molecule has 2 fully saturated rings. The Hall–Kier alpha value is -2.04. The summed E-state index contributed by atoms with van der Waals surface area (Å²) in [6.07, 6.45) is 6.86. The zero-order valence-electron chi connectivity index (χ0n) is 17.4. The highest BCUT2D eigenvalue weighted by molar-refractivity contribution is 7.89. The maximum Gasteiger partial charge on any atom is 0.247 e. The van der Waals surface area contributed by atoms with Crippen molar-refractivity contribution >= 4 is 16.0 Å². The van der Waals surface area contributed by atoms with Gasteiger partial charge in [-0.15, -0.1) is 0 Å². The molecule has 0 radical (unpaired) electrons. The molecule has 9 nitrogen and oxygen atoms in total. The Morgan fingerprint density at radius 3 is 2.80 bits per heavy atom. The lowest BCUT2D eigenvalue weighted by Gasteiger charge is -2.35. The molecule has 2 aromatic rings. The maximum absolute atomic E-state index is 13.6. The summed E-state index contributed by atoms with van der Waals surface area (Å²) in [5.74, 6) is 0.642. The van der Waals surface area contributed by atoms with E-state index in [4.69, 9.17) is 4.98 Å². The fraction of sp³-hybridized carbons (Fsp3) is 0.650. The number of aliphatic hydroxyl groups excluding tert-OH is 1. The van der Waals surface area contributed by atoms with Crippen LogP contribution in [0.1, 0.15) is 55.6 Å². The third-order valence-corrected chi connectivity index (χ3v) is 8.77. The highest BCUT2D eigenvalue weighted by atomic mass is 32.2. The molecule has 0 aromatic carbocycles. The molecule has 10 heteroatoms. The summed E-state index contributed by atoms with van der Waals surface area (Å²) in [7, 11) is -3.65. The van der Waals surface area contributed by atoms with Gasteiger partial charge in [-0.2, -0.15) is 9.40 Å². The van der Waals surface area contributed by atoms with Crippen LogP contribution in [0.2, 0.25) is 0 Å². The van der Waals surface area contributed by atoms with Crippen LogP contribution in [0.5, 0.6) is 0 Å². The first-order valence-corrected chi connectivity index (χ1v) is 12.2. The number of aromatic nitrogens is 4. The highest BCUT2D eigenvalue weighted by Crippen LogP contribution is 2.46. The molecule has 2 aromatic heterocycles. The van der Waals surface area contributed by atoms with E-state index in [2.05, 4.69) is 10.1 Å². The van der Waals surface area contributed by atoms with Crippen LogP contribution in [0.3, 0.4) is 0 Å². The number of fused-ring (bicyclic) bond motifs is 4. The molecular weight excluding hydrogens is 404 g/mol. The largest absolute Gasteiger partial charge is 0.391 e. The molecule has 5 heterocycles. The van der Waals surface area contributed by atoms with E-state index in [0.29, 0.717) is 36.0 Å². The molecule has 3 aliphatic rings. The van der Waals surface area contributed by atoms with Gasteiger partial charge in [-0.25, -0.2) is 18.4 Å². The average molecular weight is 433 g/mol. The first-order chi connectivity index (χ1) is 14.4. The number of β-amino-alcohol motifs (C(OH)–C–C–N with tert-alkyl or cyclic N) is 1. The molecule has 3 atom stereocenters. The van der Waals surface area contributed by atoms with Crippen molar-refractivity contribution in [1.82, 2.24) is 24.1 Å². The van der Waals surface area contributed by atoms with Crippen molar-refractivity contribution in [2.24, 2.45) is 0 Å². The first kappa shape index (κ1) is 19.9. The minimum Gasteiger partial charge on any atom is -0.391 e. The number of piperidine rings is 1. The van der Waals surface area contributed by atoms with Crippen molar-refractivity contribution in [3.05, 3.63) is 29.3 Å². The molecule has 0 spiro atoms. The summed E-state index contributed by atoms with van der Waals surface area (Å²) in [4.78, 5) is 11.7. The monoisotopic (exact) mass is 432 g/mol. The third-order valence-electron chi connectivity index (χ3n) is 6.71. The highest BCUT2D eigenvalue weighted by Gasteiger charge is 2.48. The second-order valence-corrected chi connectivity index (χ2v) is 10.3. The lowest BCUT2D eigenvalue weighted by atomic mass is 10.0. The van der Waals surface area contributed by atoms with E-state index in [1.165, 1.54) is 6.20 Å². The van der Waals surface area contributed by atoms with Crippen LogP contribution in [0.4, 0.5) is 5.95 Å². The number of nitrogens with zero attached hydrogens (tertiary/aromatic N) is 6. The van der Waals surface area contributed by atoms with E-state index in [0.717, 1.165) is 43.5 Å². The van der Waals surface area contributed by atoms with Gasteiger partial charge in [0.2, 0.25) is 16.0 Å². The van der Waals surface area contributed by atoms with Crippen molar-refractivity contribution in [2.75, 3.05) is 18.0 Å². The van der Waals surface area contributed by atoms with Crippen molar-refractivity contribution in [3.8, 4) is 0 Å². The van der Waals surface area contributed by atoms with E-state index >= 15 is 0 Å². The summed E-state index contributed by atoms with van der Waals surface area (Å²) in [6, 6.07) is -0.319. The molecule has 2 saturated heterocycles. The Morgan fingerprint density at radius 1 is 1.23 bits per heavy atom. The van der Waals surface area contributed by atoms with E-state index in [-0.39, 0.29) is 18.2 Å². The van der Waals surface area contributed by atoms with Gasteiger partial charge in [-0.05, 0) is 39.5 Å². The number of sulfonamides is 1. The molecule has 162 valence electrons. The van der Waals surface area contributed by atoms with Crippen LogP contribution in [-0.4, -0.2) is 62.8 Å². The molecule has 0 amide bonds. The van der Waals surface area contributed by atoms with E-state index in [1.54, 1.807) is 15.2 Å². The third kappa shape index (κ3) is 3.04. The van der Waals surface area contributed by atoms with Crippen LogP contribution < -0.4 is 4.90 Å². The van der Waals surface area contributed by atoms with Gasteiger partial charge in [-0.3, -0.25) is 4.68 Å². The normalized spacial score (nSPS) is 26.8. The van der Waals surface area contributed by atoms with Crippen LogP contribution in [0.15, 0.2) is 17.3 Å². The Balaban J connectivity index is 1.48. The number of hydrogen-bond donors (Lipinski definition) is 1. The van der Waals surface area contributed by atoms with Crippen LogP contribution in [0, 0.1) is 6.92 Å². The number of hydrogen-bond acceptors (Lipinski definition) is 7. The predicted molar refractivity (Wildman–Crippen MR) is 111 cm³/mol. The van der Waals surface area contributed by atoms with Gasteiger partial charge >= 0.3 is 0 Å². The first-order valence-electron chi connectivity index (χ1n) is 10.7. The quantitative estimate of drug-likeness (QED) is 0.779. The van der Waals surface area contributed by atoms with Crippen LogP contribution in [0.25, 0.3) is 0 Å². The molecule has 30 heavy (non-hydrogen) atoms. The van der Waals surface area contributed by atoms with Gasteiger partial charge < -0.3 is 10.0 Å². The van der Waals surface area contributed by atoms with Crippen LogP contribution >= 0.6 is 0 Å². The second kappa shape index (κ2) is 7.28. The minimum atomic E-state index is -3.65. The molecule has 2 bridgehead atoms. The van der Waals surface area contributed by atoms with Crippen molar-refractivity contribution in [1.29, 1.82) is 0 Å². The van der Waals surface area contributed by atoms with Gasteiger partial charge in [0.05, 0.1) is 29.7 Å². The molecule has 0 unspecified atom stereocenters. The standard InChI is InChI=1S/C20H28N6O3S/c1-3-25-13(2)19(11-22-25)30(28,29)26-14-6-7-18(26)16-10-21-20(23-17(16)9-14)24-8-4-5-15(27)12-24/h10-11,14-15,18,27H,3-9,12H2,1-2H3/t14-,15+,18-/m0/s1. The maximum atomic E-state index is 13.6. The van der Waals surface area contributed by atoms with Crippen molar-refractivity contribution in [3.63, 3.8) is 0 Å². The van der Waals surface area contributed by atoms with Crippen LogP contribution in [-0.2, 0) is 23.0 Å². The summed E-state index contributed by atoms with van der Waals surface area (Å²) in [5.41, 5.74) is 2.53. The SMILES string of the molecule is CCn1ncc(S(=O)(=O)N2[C@H]3CC[C@H]2c2cnc(N4CCC[C@@H](O)C4)nc2C3)c1C. The number of anilines is 1. The molecule has 5 rings (SSSR count). The molecule has 3 aliphatic heterocycles. The topological polar surface area (TPSA) is 104 Å². The van der Waals surface area contributed by atoms with Gasteiger partial charge in [0.25, 0.3) is 0 Å². The smallest absolute Gasteiger partial charge is 0.247 e. The van der Waals surface area contributed by atoms with Gasteiger partial charge in [0.1, 0.15) is 4.90 Å². The van der Waals surface area contributed by atoms with E-state index < -0.39 is 10.0 Å². The lowest BCUT2D eigenvalue weighted by molar-refractivity contribution is 0.153. The van der Waals surface area contributed by atoms with Crippen molar-refractivity contribution < 1.29 is 13.5 Å². The fourth-order valence-electron chi connectivity index (χ4n) is 5.19. The molecule has 0 aliphatic carbocycles.